The van der Waals surface area contributed by atoms with Gasteiger partial charge in [-0.05, 0) is 55.0 Å². The lowest BCUT2D eigenvalue weighted by Gasteiger charge is -2.11. The molecule has 2 amide bonds. The molecule has 0 spiro atoms. The zero-order chi connectivity index (χ0) is 21.1. The highest BCUT2D eigenvalue weighted by atomic mass is 16.5. The first-order valence-electron chi connectivity index (χ1n) is 10.1. The summed E-state index contributed by atoms with van der Waals surface area (Å²) >= 11 is 0. The molecule has 0 unspecified atom stereocenters. The van der Waals surface area contributed by atoms with Gasteiger partial charge in [0.15, 0.2) is 0 Å². The maximum absolute atomic E-state index is 12.1. The molecule has 0 aliphatic carbocycles. The summed E-state index contributed by atoms with van der Waals surface area (Å²) in [5, 5.41) is 5.90. The zero-order valence-corrected chi connectivity index (χ0v) is 17.5. The van der Waals surface area contributed by atoms with E-state index < -0.39 is 0 Å². The number of hydrogen-bond acceptors (Lipinski definition) is 4. The van der Waals surface area contributed by atoms with Crippen molar-refractivity contribution in [3.8, 4) is 5.75 Å². The highest BCUT2D eigenvalue weighted by molar-refractivity contribution is 5.95. The van der Waals surface area contributed by atoms with Crippen LogP contribution in [0, 0.1) is 0 Å². The maximum Gasteiger partial charge on any atom is 0.253 e. The van der Waals surface area contributed by atoms with E-state index in [1.54, 1.807) is 38.4 Å². The second kappa shape index (κ2) is 11.7. The van der Waals surface area contributed by atoms with Crippen molar-refractivity contribution in [2.45, 2.75) is 32.6 Å². The number of rotatable bonds is 11. The molecule has 156 valence electrons. The van der Waals surface area contributed by atoms with Gasteiger partial charge in [-0.25, -0.2) is 0 Å². The number of benzene rings is 2. The molecule has 2 N–H and O–H groups in total. The normalized spacial score (nSPS) is 10.3. The van der Waals surface area contributed by atoms with Crippen molar-refractivity contribution in [3.63, 3.8) is 0 Å². The Balaban J connectivity index is 1.74. The molecule has 0 atom stereocenters. The van der Waals surface area contributed by atoms with Crippen LogP contribution >= 0.6 is 0 Å². The largest absolute Gasteiger partial charge is 0.494 e. The third-order valence-electron chi connectivity index (χ3n) is 4.40. The Morgan fingerprint density at radius 1 is 0.897 bits per heavy atom. The minimum absolute atomic E-state index is 0.0531. The third kappa shape index (κ3) is 7.86. The van der Waals surface area contributed by atoms with Crippen LogP contribution in [-0.2, 0) is 4.79 Å². The predicted octanol–water partition coefficient (Wildman–Crippen LogP) is 4.40. The van der Waals surface area contributed by atoms with Crippen LogP contribution in [0.25, 0.3) is 0 Å². The number of nitrogens with one attached hydrogen (secondary N) is 2. The molecule has 6 nitrogen and oxygen atoms in total. The van der Waals surface area contributed by atoms with Gasteiger partial charge in [0.1, 0.15) is 5.75 Å². The Bertz CT molecular complexity index is 771. The molecule has 0 saturated carbocycles. The minimum atomic E-state index is -0.147. The summed E-state index contributed by atoms with van der Waals surface area (Å²) in [7, 11) is 3.43. The summed E-state index contributed by atoms with van der Waals surface area (Å²) in [5.74, 6) is 0.611. The second-order valence-corrected chi connectivity index (χ2v) is 7.11. The lowest BCUT2D eigenvalue weighted by Crippen LogP contribution is -2.22. The first-order valence-corrected chi connectivity index (χ1v) is 10.1. The summed E-state index contributed by atoms with van der Waals surface area (Å²) < 4.78 is 5.71. The van der Waals surface area contributed by atoms with Gasteiger partial charge in [0, 0.05) is 31.0 Å². The molecule has 0 bridgehead atoms. The van der Waals surface area contributed by atoms with Crippen LogP contribution in [0.5, 0.6) is 5.75 Å². The summed E-state index contributed by atoms with van der Waals surface area (Å²) in [6.45, 7) is 3.04. The number of nitrogens with zero attached hydrogens (tertiary/aromatic N) is 1. The van der Waals surface area contributed by atoms with E-state index in [9.17, 15) is 9.59 Å². The predicted molar refractivity (Wildman–Crippen MR) is 118 cm³/mol. The quantitative estimate of drug-likeness (QED) is 0.552. The van der Waals surface area contributed by atoms with E-state index in [4.69, 9.17) is 4.74 Å². The van der Waals surface area contributed by atoms with Crippen LogP contribution in [0.4, 0.5) is 11.4 Å². The summed E-state index contributed by atoms with van der Waals surface area (Å²) in [6, 6.07) is 14.5. The third-order valence-corrected chi connectivity index (χ3v) is 4.40. The molecule has 0 fully saturated rings. The Morgan fingerprint density at radius 3 is 2.17 bits per heavy atom. The first-order chi connectivity index (χ1) is 14.0. The van der Waals surface area contributed by atoms with Gasteiger partial charge in [0.05, 0.1) is 13.2 Å². The number of ether oxygens (including phenoxy) is 1. The van der Waals surface area contributed by atoms with Crippen LogP contribution in [0.2, 0.25) is 0 Å². The molecule has 0 aliphatic heterocycles. The van der Waals surface area contributed by atoms with Gasteiger partial charge in [0.2, 0.25) is 5.91 Å². The van der Waals surface area contributed by atoms with Gasteiger partial charge >= 0.3 is 0 Å². The molecule has 0 radical (unpaired) electrons. The van der Waals surface area contributed by atoms with E-state index in [2.05, 4.69) is 17.6 Å². The fourth-order valence-corrected chi connectivity index (χ4v) is 2.73. The van der Waals surface area contributed by atoms with E-state index in [1.807, 2.05) is 24.3 Å². The lowest BCUT2D eigenvalue weighted by atomic mass is 10.2. The number of unbranched alkanes of at least 4 members (excludes halogenated alkanes) is 3. The Kier molecular flexibility index (Phi) is 9.02. The van der Waals surface area contributed by atoms with Crippen LogP contribution in [0.3, 0.4) is 0 Å². The number of carbonyl (C=O) groups is 2. The molecule has 0 aromatic heterocycles. The van der Waals surface area contributed by atoms with Crippen molar-refractivity contribution in [3.05, 3.63) is 54.1 Å². The Labute approximate surface area is 173 Å². The molecule has 2 aromatic rings. The molecule has 2 aromatic carbocycles. The smallest absolute Gasteiger partial charge is 0.253 e. The van der Waals surface area contributed by atoms with E-state index in [0.29, 0.717) is 12.2 Å². The second-order valence-electron chi connectivity index (χ2n) is 7.11. The van der Waals surface area contributed by atoms with Gasteiger partial charge in [0.25, 0.3) is 5.91 Å². The van der Waals surface area contributed by atoms with Gasteiger partial charge in [-0.2, -0.15) is 0 Å². The SMILES string of the molecule is CCCCCCOc1ccc(NC(=O)CNc2ccc(C(=O)N(C)C)cc2)cc1. The molecule has 29 heavy (non-hydrogen) atoms. The van der Waals surface area contributed by atoms with Gasteiger partial charge in [-0.1, -0.05) is 26.2 Å². The van der Waals surface area contributed by atoms with Crippen LogP contribution in [-0.4, -0.2) is 44.0 Å². The number of hydrogen-bond donors (Lipinski definition) is 2. The number of amides is 2. The van der Waals surface area contributed by atoms with Crippen molar-refractivity contribution in [1.82, 2.24) is 4.90 Å². The van der Waals surface area contributed by atoms with Crippen molar-refractivity contribution in [2.75, 3.05) is 37.9 Å². The highest BCUT2D eigenvalue weighted by Gasteiger charge is 2.08. The lowest BCUT2D eigenvalue weighted by molar-refractivity contribution is -0.114. The van der Waals surface area contributed by atoms with Crippen molar-refractivity contribution < 1.29 is 14.3 Å². The van der Waals surface area contributed by atoms with E-state index in [1.165, 1.54) is 24.2 Å². The fraction of sp³-hybridized carbons (Fsp3) is 0.391. The molecule has 0 heterocycles. The Hall–Kier alpha value is -3.02. The van der Waals surface area contributed by atoms with Gasteiger partial charge < -0.3 is 20.3 Å². The van der Waals surface area contributed by atoms with Gasteiger partial charge in [-0.3, -0.25) is 9.59 Å². The van der Waals surface area contributed by atoms with Crippen LogP contribution in [0.15, 0.2) is 48.5 Å². The first kappa shape index (κ1) is 22.3. The summed E-state index contributed by atoms with van der Waals surface area (Å²) in [5.41, 5.74) is 2.11. The number of anilines is 2. The molecular weight excluding hydrogens is 366 g/mol. The van der Waals surface area contributed by atoms with Gasteiger partial charge in [-0.15, -0.1) is 0 Å². The molecule has 2 rings (SSSR count). The number of carbonyl (C=O) groups excluding carboxylic acids is 2. The van der Waals surface area contributed by atoms with E-state index >= 15 is 0 Å². The molecular formula is C23H31N3O3. The van der Waals surface area contributed by atoms with E-state index in [0.717, 1.165) is 23.5 Å². The average molecular weight is 398 g/mol. The standard InChI is InChI=1S/C23H31N3O3/c1-4-5-6-7-16-29-21-14-12-20(13-15-21)25-22(27)17-24-19-10-8-18(9-11-19)23(28)26(2)3/h8-15,24H,4-7,16-17H2,1-3H3,(H,25,27). The summed E-state index contributed by atoms with van der Waals surface area (Å²) in [6.07, 6.45) is 4.69. The monoisotopic (exact) mass is 397 g/mol. The van der Waals surface area contributed by atoms with Crippen molar-refractivity contribution in [1.29, 1.82) is 0 Å². The minimum Gasteiger partial charge on any atom is -0.494 e. The molecule has 0 saturated heterocycles. The fourth-order valence-electron chi connectivity index (χ4n) is 2.73. The van der Waals surface area contributed by atoms with E-state index in [-0.39, 0.29) is 18.4 Å². The zero-order valence-electron chi connectivity index (χ0n) is 17.5. The van der Waals surface area contributed by atoms with Crippen LogP contribution in [0.1, 0.15) is 43.0 Å². The maximum atomic E-state index is 12.1. The van der Waals surface area contributed by atoms with Crippen LogP contribution < -0.4 is 15.4 Å². The average Bonchev–Trinajstić information content (AvgIpc) is 2.73. The van der Waals surface area contributed by atoms with Crippen molar-refractivity contribution in [2.24, 2.45) is 0 Å². The Morgan fingerprint density at radius 2 is 1.55 bits per heavy atom. The molecule has 6 heteroatoms. The molecule has 0 aliphatic rings. The van der Waals surface area contributed by atoms with Crippen molar-refractivity contribution >= 4 is 23.2 Å². The highest BCUT2D eigenvalue weighted by Crippen LogP contribution is 2.16. The topological polar surface area (TPSA) is 70.7 Å². The summed E-state index contributed by atoms with van der Waals surface area (Å²) in [4.78, 5) is 25.5.